The third-order valence-electron chi connectivity index (χ3n) is 8.29. The fraction of sp³-hybridized carbons (Fsp3) is 0.294. The lowest BCUT2D eigenvalue weighted by atomic mass is 9.56. The van der Waals surface area contributed by atoms with Gasteiger partial charge in [-0.15, -0.1) is 0 Å². The topological polar surface area (TPSA) is 110 Å². The minimum Gasteiger partial charge on any atom is -0.394 e. The maximum atomic E-state index is 12.9. The van der Waals surface area contributed by atoms with Crippen LogP contribution in [0.3, 0.4) is 0 Å². The summed E-state index contributed by atoms with van der Waals surface area (Å²) in [5.41, 5.74) is -4.41. The molecule has 0 amide bonds. The van der Waals surface area contributed by atoms with Crippen molar-refractivity contribution in [3.63, 3.8) is 0 Å². The molecule has 40 heavy (non-hydrogen) atoms. The second-order valence-electron chi connectivity index (χ2n) is 10.9. The Balaban J connectivity index is 1.74. The predicted molar refractivity (Wildman–Crippen MR) is 152 cm³/mol. The minimum atomic E-state index is -2.43. The van der Waals surface area contributed by atoms with Crippen molar-refractivity contribution in [3.05, 3.63) is 144 Å². The summed E-state index contributed by atoms with van der Waals surface area (Å²) in [6.45, 7) is -0.695. The summed E-state index contributed by atoms with van der Waals surface area (Å²) >= 11 is 0. The Kier molecular flexibility index (Phi) is 7.93. The lowest BCUT2D eigenvalue weighted by Gasteiger charge is -2.64. The normalized spacial score (nSPS) is 30.2. The molecule has 0 spiro atoms. The van der Waals surface area contributed by atoms with Gasteiger partial charge in [-0.05, 0) is 22.3 Å². The van der Waals surface area contributed by atoms with Gasteiger partial charge in [0.25, 0.3) is 0 Å². The molecule has 5 N–H and O–H groups in total. The van der Waals surface area contributed by atoms with Crippen molar-refractivity contribution in [1.82, 2.24) is 0 Å². The molecule has 5 atom stereocenters. The van der Waals surface area contributed by atoms with Gasteiger partial charge in [-0.3, -0.25) is 0 Å². The van der Waals surface area contributed by atoms with E-state index in [1.165, 1.54) is 0 Å². The van der Waals surface area contributed by atoms with Crippen LogP contribution in [0, 0.1) is 0 Å². The van der Waals surface area contributed by atoms with Crippen LogP contribution in [0.25, 0.3) is 0 Å². The highest BCUT2D eigenvalue weighted by Gasteiger charge is 2.76. The lowest BCUT2D eigenvalue weighted by molar-refractivity contribution is -0.440. The van der Waals surface area contributed by atoms with Crippen LogP contribution in [0.4, 0.5) is 0 Å². The second-order valence-corrected chi connectivity index (χ2v) is 10.9. The third-order valence-corrected chi connectivity index (χ3v) is 8.29. The Bertz CT molecular complexity index is 1370. The molecule has 0 aliphatic carbocycles. The van der Waals surface area contributed by atoms with E-state index >= 15 is 0 Å². The molecule has 0 unspecified atom stereocenters. The summed E-state index contributed by atoms with van der Waals surface area (Å²) in [4.78, 5) is 0. The third kappa shape index (κ3) is 4.99. The highest BCUT2D eigenvalue weighted by Crippen LogP contribution is 2.53. The minimum absolute atomic E-state index is 0.138. The molecule has 0 aromatic heterocycles. The molecule has 5 rings (SSSR count). The van der Waals surface area contributed by atoms with Crippen LogP contribution < -0.4 is 0 Å². The molecule has 1 heterocycles. The van der Waals surface area contributed by atoms with Crippen molar-refractivity contribution < 1.29 is 30.3 Å². The van der Waals surface area contributed by atoms with Gasteiger partial charge in [-0.1, -0.05) is 121 Å². The molecule has 208 valence electrons. The van der Waals surface area contributed by atoms with Crippen molar-refractivity contribution >= 4 is 0 Å². The Morgan fingerprint density at radius 1 is 0.475 bits per heavy atom. The zero-order valence-electron chi connectivity index (χ0n) is 22.3. The summed E-state index contributed by atoms with van der Waals surface area (Å²) in [5.74, 6) is -2.38. The van der Waals surface area contributed by atoms with Crippen LogP contribution in [0.1, 0.15) is 22.3 Å². The van der Waals surface area contributed by atoms with E-state index in [4.69, 9.17) is 4.74 Å². The Morgan fingerprint density at radius 2 is 0.825 bits per heavy atom. The number of aliphatic hydroxyl groups excluding tert-OH is 1. The van der Waals surface area contributed by atoms with Gasteiger partial charge >= 0.3 is 0 Å². The Hall–Kier alpha value is -3.36. The van der Waals surface area contributed by atoms with Crippen molar-refractivity contribution in [1.29, 1.82) is 0 Å². The molecule has 0 saturated carbocycles. The van der Waals surface area contributed by atoms with E-state index in [2.05, 4.69) is 0 Å². The molecule has 6 nitrogen and oxygen atoms in total. The van der Waals surface area contributed by atoms with Crippen LogP contribution in [0.15, 0.2) is 121 Å². The highest BCUT2D eigenvalue weighted by atomic mass is 16.7. The number of hydrogen-bond acceptors (Lipinski definition) is 6. The number of rotatable bonds is 9. The largest absolute Gasteiger partial charge is 0.394 e. The van der Waals surface area contributed by atoms with Crippen molar-refractivity contribution in [2.45, 2.75) is 54.4 Å². The summed E-state index contributed by atoms with van der Waals surface area (Å²) < 4.78 is 6.18. The van der Waals surface area contributed by atoms with Gasteiger partial charge in [0.2, 0.25) is 5.79 Å². The van der Waals surface area contributed by atoms with E-state index < -0.39 is 35.3 Å². The molecule has 1 aliphatic rings. The van der Waals surface area contributed by atoms with E-state index in [1.54, 1.807) is 48.5 Å². The smallest absolute Gasteiger partial charge is 0.202 e. The van der Waals surface area contributed by atoms with Gasteiger partial charge in [0.1, 0.15) is 17.3 Å². The van der Waals surface area contributed by atoms with Gasteiger partial charge in [-0.25, -0.2) is 0 Å². The maximum Gasteiger partial charge on any atom is 0.202 e. The number of hydrogen-bond donors (Lipinski definition) is 5. The molecule has 4 aromatic carbocycles. The maximum absolute atomic E-state index is 12.9. The SMILES string of the molecule is OC[C@H]1O[C@@](O)(Cc2ccccc2)[C@@](O)(Cc2ccccc2)[C@](O)(Cc2ccccc2)[C@@]1(O)Cc1ccccc1. The van der Waals surface area contributed by atoms with E-state index in [0.29, 0.717) is 22.3 Å². The van der Waals surface area contributed by atoms with E-state index in [9.17, 15) is 25.5 Å². The average molecular weight is 541 g/mol. The molecular weight excluding hydrogens is 504 g/mol. The molecule has 6 heteroatoms. The van der Waals surface area contributed by atoms with E-state index in [1.807, 2.05) is 72.8 Å². The first-order valence-corrected chi connectivity index (χ1v) is 13.6. The van der Waals surface area contributed by atoms with Crippen LogP contribution in [-0.2, 0) is 30.4 Å². The van der Waals surface area contributed by atoms with Gasteiger partial charge in [0.05, 0.1) is 6.61 Å². The molecular formula is C34H36O6. The zero-order valence-corrected chi connectivity index (χ0v) is 22.3. The molecule has 0 bridgehead atoms. The van der Waals surface area contributed by atoms with Crippen LogP contribution in [0.5, 0.6) is 0 Å². The predicted octanol–water partition coefficient (Wildman–Crippen LogP) is 3.23. The number of ether oxygens (including phenoxy) is 1. The summed E-state index contributed by atoms with van der Waals surface area (Å²) in [5, 5.41) is 61.3. The van der Waals surface area contributed by atoms with Crippen molar-refractivity contribution in [2.75, 3.05) is 6.61 Å². The fourth-order valence-electron chi connectivity index (χ4n) is 6.16. The van der Waals surface area contributed by atoms with E-state index in [0.717, 1.165) is 0 Å². The average Bonchev–Trinajstić information content (AvgIpc) is 2.97. The molecule has 1 fully saturated rings. The van der Waals surface area contributed by atoms with Gasteiger partial charge in [0.15, 0.2) is 5.60 Å². The number of benzene rings is 4. The first-order valence-electron chi connectivity index (χ1n) is 13.6. The summed E-state index contributed by atoms with van der Waals surface area (Å²) in [6.07, 6.45) is -2.19. The van der Waals surface area contributed by atoms with Crippen LogP contribution in [0.2, 0.25) is 0 Å². The standard InChI is InChI=1S/C34H36O6/c35-25-30-31(36,21-26-13-5-1-6-14-26)32(37,22-27-15-7-2-8-16-27)33(38,23-28-17-9-3-10-18-28)34(39,40-30)24-29-19-11-4-12-20-29/h1-20,30,35-39H,21-25H2/t30-,31-,32+,33-,34+/m1/s1. The summed E-state index contributed by atoms with van der Waals surface area (Å²) in [6, 6.07) is 36.2. The second kappa shape index (κ2) is 11.3. The van der Waals surface area contributed by atoms with Gasteiger partial charge in [0, 0.05) is 25.7 Å². The van der Waals surface area contributed by atoms with Gasteiger partial charge in [-0.2, -0.15) is 0 Å². The molecule has 1 aliphatic heterocycles. The van der Waals surface area contributed by atoms with Crippen LogP contribution >= 0.6 is 0 Å². The quantitative estimate of drug-likeness (QED) is 0.223. The molecule has 4 aromatic rings. The first kappa shape index (κ1) is 28.2. The Labute approximate surface area is 234 Å². The lowest BCUT2D eigenvalue weighted by Crippen LogP contribution is -2.86. The van der Waals surface area contributed by atoms with E-state index in [-0.39, 0.29) is 25.7 Å². The molecule has 1 saturated heterocycles. The molecule has 0 radical (unpaired) electrons. The monoisotopic (exact) mass is 540 g/mol. The first-order chi connectivity index (χ1) is 19.2. The van der Waals surface area contributed by atoms with Crippen LogP contribution in [-0.4, -0.2) is 60.8 Å². The van der Waals surface area contributed by atoms with Crippen molar-refractivity contribution in [2.24, 2.45) is 0 Å². The van der Waals surface area contributed by atoms with Crippen molar-refractivity contribution in [3.8, 4) is 0 Å². The summed E-state index contributed by atoms with van der Waals surface area (Å²) in [7, 11) is 0. The highest BCUT2D eigenvalue weighted by molar-refractivity contribution is 5.35. The van der Waals surface area contributed by atoms with Gasteiger partial charge < -0.3 is 30.3 Å². The fourth-order valence-corrected chi connectivity index (χ4v) is 6.16. The Morgan fingerprint density at radius 3 is 1.23 bits per heavy atom. The zero-order chi connectivity index (χ0) is 28.3. The number of aliphatic hydroxyl groups is 5.